The first-order valence-corrected chi connectivity index (χ1v) is 9.48. The third kappa shape index (κ3) is 6.58. The van der Waals surface area contributed by atoms with Crippen LogP contribution in [0, 0.1) is 5.92 Å². The van der Waals surface area contributed by atoms with Crippen molar-refractivity contribution in [2.75, 3.05) is 32.7 Å². The minimum Gasteiger partial charge on any atom is -0.341 e. The highest BCUT2D eigenvalue weighted by Crippen LogP contribution is 2.20. The standard InChI is InChI=1S/C19H28ClN3O.2ClH/c1-15-13-17(7-8-21-15)19(24)23-10-2-9-22(11-12-23)14-16-3-5-18(20)6-4-16;;/h3-6,15,17,21H,2,7-14H2,1H3;2*1H/t15-,17-;;/m0../s1. The number of halogens is 3. The van der Waals surface area contributed by atoms with E-state index in [9.17, 15) is 4.79 Å². The first-order chi connectivity index (χ1) is 11.6. The molecule has 2 fully saturated rings. The Balaban J connectivity index is 0.00000169. The molecular formula is C19H30Cl3N3O. The Morgan fingerprint density at radius 1 is 1.15 bits per heavy atom. The fourth-order valence-electron chi connectivity index (χ4n) is 3.81. The van der Waals surface area contributed by atoms with E-state index in [1.165, 1.54) is 5.56 Å². The van der Waals surface area contributed by atoms with Gasteiger partial charge in [-0.05, 0) is 50.4 Å². The SMILES string of the molecule is C[C@H]1C[C@@H](C(=O)N2CCCN(Cc3ccc(Cl)cc3)CC2)CCN1.Cl.Cl. The number of nitrogens with zero attached hydrogens (tertiary/aromatic N) is 2. The van der Waals surface area contributed by atoms with Gasteiger partial charge in [0.2, 0.25) is 5.91 Å². The molecule has 1 aromatic carbocycles. The predicted octanol–water partition coefficient (Wildman–Crippen LogP) is 3.61. The fraction of sp³-hybridized carbons (Fsp3) is 0.632. The molecule has 0 unspecified atom stereocenters. The average molecular weight is 423 g/mol. The molecule has 1 N–H and O–H groups in total. The van der Waals surface area contributed by atoms with Crippen LogP contribution in [0.25, 0.3) is 0 Å². The monoisotopic (exact) mass is 421 g/mol. The zero-order chi connectivity index (χ0) is 16.9. The molecule has 2 aliphatic heterocycles. The van der Waals surface area contributed by atoms with Crippen molar-refractivity contribution < 1.29 is 4.79 Å². The molecular weight excluding hydrogens is 393 g/mol. The van der Waals surface area contributed by atoms with Crippen molar-refractivity contribution in [2.24, 2.45) is 5.92 Å². The molecule has 148 valence electrons. The van der Waals surface area contributed by atoms with Gasteiger partial charge >= 0.3 is 0 Å². The lowest BCUT2D eigenvalue weighted by Gasteiger charge is -2.31. The molecule has 2 aliphatic rings. The summed E-state index contributed by atoms with van der Waals surface area (Å²) in [6.45, 7) is 7.83. The molecule has 0 aromatic heterocycles. The Kier molecular flexibility index (Phi) is 10.3. The van der Waals surface area contributed by atoms with Crippen LogP contribution >= 0.6 is 36.4 Å². The number of rotatable bonds is 3. The normalized spacial score (nSPS) is 24.2. The number of hydrogen-bond donors (Lipinski definition) is 1. The van der Waals surface area contributed by atoms with Crippen molar-refractivity contribution in [3.63, 3.8) is 0 Å². The minimum absolute atomic E-state index is 0. The van der Waals surface area contributed by atoms with Crippen LogP contribution in [0.5, 0.6) is 0 Å². The maximum Gasteiger partial charge on any atom is 0.225 e. The van der Waals surface area contributed by atoms with Gasteiger partial charge in [-0.3, -0.25) is 9.69 Å². The summed E-state index contributed by atoms with van der Waals surface area (Å²) in [6, 6.07) is 8.53. The van der Waals surface area contributed by atoms with Gasteiger partial charge in [-0.1, -0.05) is 23.7 Å². The van der Waals surface area contributed by atoms with E-state index in [0.29, 0.717) is 11.9 Å². The molecule has 3 rings (SSSR count). The summed E-state index contributed by atoms with van der Waals surface area (Å²) < 4.78 is 0. The Hall–Kier alpha value is -0.520. The Labute approximate surface area is 174 Å². The van der Waals surface area contributed by atoms with Crippen LogP contribution in [0.15, 0.2) is 24.3 Å². The van der Waals surface area contributed by atoms with E-state index < -0.39 is 0 Å². The van der Waals surface area contributed by atoms with Crippen molar-refractivity contribution in [3.05, 3.63) is 34.9 Å². The molecule has 0 radical (unpaired) electrons. The molecule has 1 aromatic rings. The van der Waals surface area contributed by atoms with E-state index in [0.717, 1.165) is 63.6 Å². The Morgan fingerprint density at radius 2 is 1.88 bits per heavy atom. The third-order valence-corrected chi connectivity index (χ3v) is 5.44. The van der Waals surface area contributed by atoms with Crippen LogP contribution in [0.1, 0.15) is 31.7 Å². The molecule has 2 heterocycles. The second-order valence-corrected chi connectivity index (χ2v) is 7.59. The molecule has 26 heavy (non-hydrogen) atoms. The second-order valence-electron chi connectivity index (χ2n) is 7.16. The van der Waals surface area contributed by atoms with Gasteiger partial charge in [0.05, 0.1) is 0 Å². The van der Waals surface area contributed by atoms with Crippen LogP contribution in [-0.4, -0.2) is 54.5 Å². The minimum atomic E-state index is 0. The average Bonchev–Trinajstić information content (AvgIpc) is 2.82. The van der Waals surface area contributed by atoms with E-state index in [4.69, 9.17) is 11.6 Å². The second kappa shape index (κ2) is 11.4. The summed E-state index contributed by atoms with van der Waals surface area (Å²) in [5, 5.41) is 4.21. The molecule has 0 aliphatic carbocycles. The third-order valence-electron chi connectivity index (χ3n) is 5.19. The van der Waals surface area contributed by atoms with Crippen molar-refractivity contribution >= 4 is 42.3 Å². The summed E-state index contributed by atoms with van der Waals surface area (Å²) in [6.07, 6.45) is 3.01. The number of nitrogens with one attached hydrogen (secondary N) is 1. The quantitative estimate of drug-likeness (QED) is 0.808. The molecule has 7 heteroatoms. The van der Waals surface area contributed by atoms with Crippen LogP contribution in [0.4, 0.5) is 0 Å². The van der Waals surface area contributed by atoms with Gasteiger partial charge in [-0.15, -0.1) is 24.8 Å². The molecule has 2 atom stereocenters. The van der Waals surface area contributed by atoms with Gasteiger partial charge in [-0.25, -0.2) is 0 Å². The Morgan fingerprint density at radius 3 is 2.58 bits per heavy atom. The number of benzene rings is 1. The maximum atomic E-state index is 12.8. The lowest BCUT2D eigenvalue weighted by molar-refractivity contribution is -0.136. The van der Waals surface area contributed by atoms with E-state index in [2.05, 4.69) is 34.2 Å². The molecule has 1 amide bonds. The number of carbonyl (C=O) groups is 1. The fourth-order valence-corrected chi connectivity index (χ4v) is 3.94. The first kappa shape index (κ1) is 23.5. The van der Waals surface area contributed by atoms with Gasteiger partial charge in [0.1, 0.15) is 0 Å². The molecule has 0 bridgehead atoms. The van der Waals surface area contributed by atoms with E-state index in [1.807, 2.05) is 12.1 Å². The smallest absolute Gasteiger partial charge is 0.225 e. The Bertz CT molecular complexity index is 555. The number of piperidine rings is 1. The largest absolute Gasteiger partial charge is 0.341 e. The van der Waals surface area contributed by atoms with Crippen LogP contribution in [0.2, 0.25) is 5.02 Å². The van der Waals surface area contributed by atoms with Crippen LogP contribution < -0.4 is 5.32 Å². The topological polar surface area (TPSA) is 35.6 Å². The maximum absolute atomic E-state index is 12.8. The van der Waals surface area contributed by atoms with Crippen molar-refractivity contribution in [1.29, 1.82) is 0 Å². The van der Waals surface area contributed by atoms with Gasteiger partial charge < -0.3 is 10.2 Å². The zero-order valence-electron chi connectivity index (χ0n) is 15.3. The molecule has 0 spiro atoms. The molecule has 4 nitrogen and oxygen atoms in total. The van der Waals surface area contributed by atoms with Crippen molar-refractivity contribution in [2.45, 2.75) is 38.8 Å². The highest BCUT2D eigenvalue weighted by atomic mass is 35.5. The highest BCUT2D eigenvalue weighted by Gasteiger charge is 2.29. The van der Waals surface area contributed by atoms with E-state index in [1.54, 1.807) is 0 Å². The lowest BCUT2D eigenvalue weighted by atomic mass is 9.92. The van der Waals surface area contributed by atoms with E-state index >= 15 is 0 Å². The van der Waals surface area contributed by atoms with Gasteiger partial charge in [-0.2, -0.15) is 0 Å². The lowest BCUT2D eigenvalue weighted by Crippen LogP contribution is -2.45. The zero-order valence-corrected chi connectivity index (χ0v) is 17.7. The number of carbonyl (C=O) groups excluding carboxylic acids is 1. The van der Waals surface area contributed by atoms with E-state index in [-0.39, 0.29) is 30.7 Å². The van der Waals surface area contributed by atoms with Crippen molar-refractivity contribution in [3.8, 4) is 0 Å². The summed E-state index contributed by atoms with van der Waals surface area (Å²) in [7, 11) is 0. The summed E-state index contributed by atoms with van der Waals surface area (Å²) in [5.41, 5.74) is 1.28. The molecule has 2 saturated heterocycles. The summed E-state index contributed by atoms with van der Waals surface area (Å²) in [5.74, 6) is 0.584. The van der Waals surface area contributed by atoms with Gasteiger partial charge in [0, 0.05) is 49.7 Å². The van der Waals surface area contributed by atoms with Gasteiger partial charge in [0.25, 0.3) is 0 Å². The number of amides is 1. The first-order valence-electron chi connectivity index (χ1n) is 9.11. The summed E-state index contributed by atoms with van der Waals surface area (Å²) >= 11 is 5.96. The van der Waals surface area contributed by atoms with Crippen LogP contribution in [0.3, 0.4) is 0 Å². The van der Waals surface area contributed by atoms with Crippen molar-refractivity contribution in [1.82, 2.24) is 15.1 Å². The predicted molar refractivity (Wildman–Crippen MR) is 113 cm³/mol. The highest BCUT2D eigenvalue weighted by molar-refractivity contribution is 6.30. The molecule has 0 saturated carbocycles. The number of hydrogen-bond acceptors (Lipinski definition) is 3. The summed E-state index contributed by atoms with van der Waals surface area (Å²) in [4.78, 5) is 17.4. The van der Waals surface area contributed by atoms with Gasteiger partial charge in [0.15, 0.2) is 0 Å². The van der Waals surface area contributed by atoms with Crippen LogP contribution in [-0.2, 0) is 11.3 Å².